The van der Waals surface area contributed by atoms with Gasteiger partial charge in [0.15, 0.2) is 11.6 Å². The lowest BCUT2D eigenvalue weighted by Gasteiger charge is -2.10. The Labute approximate surface area is 81.2 Å². The molecule has 0 aromatic heterocycles. The summed E-state index contributed by atoms with van der Waals surface area (Å²) in [6, 6.07) is 1.77. The number of rotatable bonds is 1. The van der Waals surface area contributed by atoms with Crippen molar-refractivity contribution < 1.29 is 22.3 Å². The maximum atomic E-state index is 13.0. The molecule has 7 heteroatoms. The third-order valence-corrected chi connectivity index (χ3v) is 1.69. The van der Waals surface area contributed by atoms with E-state index in [0.29, 0.717) is 0 Å². The number of benzene rings is 1. The molecule has 0 amide bonds. The van der Waals surface area contributed by atoms with E-state index in [9.17, 15) is 17.6 Å². The first-order chi connectivity index (χ1) is 6.31. The second kappa shape index (κ2) is 3.53. The molecule has 0 saturated heterocycles. The van der Waals surface area contributed by atoms with Crippen molar-refractivity contribution in [2.75, 3.05) is 5.73 Å². The summed E-state index contributed by atoms with van der Waals surface area (Å²) >= 11 is 5.26. The van der Waals surface area contributed by atoms with Crippen LogP contribution in [-0.4, -0.2) is 6.36 Å². The van der Waals surface area contributed by atoms with Gasteiger partial charge >= 0.3 is 6.36 Å². The fourth-order valence-electron chi connectivity index (χ4n) is 0.750. The van der Waals surface area contributed by atoms with Crippen LogP contribution in [0.3, 0.4) is 0 Å². The monoisotopic (exact) mass is 229 g/mol. The number of hydrogen-bond donors (Lipinski definition) is 1. The number of nitrogens with two attached hydrogens (primary N) is 1. The summed E-state index contributed by atoms with van der Waals surface area (Å²) in [7, 11) is 0. The van der Waals surface area contributed by atoms with Crippen LogP contribution in [0, 0.1) is 5.82 Å². The zero-order valence-electron chi connectivity index (χ0n) is 6.53. The van der Waals surface area contributed by atoms with E-state index in [4.69, 9.17) is 17.3 Å². The van der Waals surface area contributed by atoms with Gasteiger partial charge in [0.05, 0.1) is 5.69 Å². The van der Waals surface area contributed by atoms with E-state index in [-0.39, 0.29) is 5.69 Å². The van der Waals surface area contributed by atoms with E-state index in [2.05, 4.69) is 4.74 Å². The van der Waals surface area contributed by atoms with Crippen molar-refractivity contribution in [2.45, 2.75) is 6.36 Å². The van der Waals surface area contributed by atoms with Crippen LogP contribution in [-0.2, 0) is 0 Å². The maximum Gasteiger partial charge on any atom is 0.573 e. The minimum absolute atomic E-state index is 0.154. The van der Waals surface area contributed by atoms with Gasteiger partial charge in [-0.15, -0.1) is 13.2 Å². The largest absolute Gasteiger partial charge is 0.573 e. The molecule has 0 radical (unpaired) electrons. The number of anilines is 1. The fourth-order valence-corrected chi connectivity index (χ4v) is 0.906. The Morgan fingerprint density at radius 1 is 1.29 bits per heavy atom. The van der Waals surface area contributed by atoms with Crippen molar-refractivity contribution in [1.29, 1.82) is 0 Å². The first-order valence-electron chi connectivity index (χ1n) is 3.30. The van der Waals surface area contributed by atoms with Crippen LogP contribution in [0.25, 0.3) is 0 Å². The molecule has 14 heavy (non-hydrogen) atoms. The Morgan fingerprint density at radius 3 is 2.36 bits per heavy atom. The van der Waals surface area contributed by atoms with Crippen LogP contribution in [0.4, 0.5) is 23.2 Å². The summed E-state index contributed by atoms with van der Waals surface area (Å²) in [6.45, 7) is 0. The van der Waals surface area contributed by atoms with Crippen LogP contribution in [0.15, 0.2) is 12.1 Å². The Bertz CT molecular complexity index is 352. The van der Waals surface area contributed by atoms with Gasteiger partial charge in [-0.1, -0.05) is 11.6 Å². The molecule has 1 aromatic rings. The van der Waals surface area contributed by atoms with E-state index in [0.717, 1.165) is 12.1 Å². The van der Waals surface area contributed by atoms with Crippen molar-refractivity contribution in [2.24, 2.45) is 0 Å². The topological polar surface area (TPSA) is 35.2 Å². The van der Waals surface area contributed by atoms with Gasteiger partial charge in [0, 0.05) is 0 Å². The minimum Gasteiger partial charge on any atom is -0.403 e. The van der Waals surface area contributed by atoms with E-state index in [1.54, 1.807) is 0 Å². The highest BCUT2D eigenvalue weighted by Crippen LogP contribution is 2.32. The molecule has 1 rings (SSSR count). The van der Waals surface area contributed by atoms with Crippen LogP contribution in [0.2, 0.25) is 5.02 Å². The molecular formula is C7H4ClF4NO. The van der Waals surface area contributed by atoms with Crippen molar-refractivity contribution >= 4 is 17.3 Å². The molecular weight excluding hydrogens is 226 g/mol. The van der Waals surface area contributed by atoms with Crippen LogP contribution in [0.1, 0.15) is 0 Å². The quantitative estimate of drug-likeness (QED) is 0.594. The first-order valence-corrected chi connectivity index (χ1v) is 3.68. The number of halogens is 5. The fraction of sp³-hybridized carbons (Fsp3) is 0.143. The third kappa shape index (κ3) is 2.41. The average Bonchev–Trinajstić information content (AvgIpc) is 2.04. The summed E-state index contributed by atoms with van der Waals surface area (Å²) in [5, 5.41) is -0.591. The van der Waals surface area contributed by atoms with E-state index in [1.165, 1.54) is 0 Å². The van der Waals surface area contributed by atoms with Gasteiger partial charge in [0.25, 0.3) is 0 Å². The lowest BCUT2D eigenvalue weighted by Crippen LogP contribution is -2.18. The zero-order valence-corrected chi connectivity index (χ0v) is 7.29. The predicted octanol–water partition coefficient (Wildman–Crippen LogP) is 2.96. The normalized spacial score (nSPS) is 11.5. The average molecular weight is 230 g/mol. The summed E-state index contributed by atoms with van der Waals surface area (Å²) in [5.41, 5.74) is 4.99. The smallest absolute Gasteiger partial charge is 0.403 e. The number of hydrogen-bond acceptors (Lipinski definition) is 2. The number of nitrogen functional groups attached to an aromatic ring is 1. The molecule has 0 unspecified atom stereocenters. The van der Waals surface area contributed by atoms with Crippen LogP contribution in [0.5, 0.6) is 5.75 Å². The van der Waals surface area contributed by atoms with Gasteiger partial charge in [0.2, 0.25) is 0 Å². The molecule has 78 valence electrons. The molecule has 0 aliphatic carbocycles. The molecule has 0 aliphatic rings. The van der Waals surface area contributed by atoms with Gasteiger partial charge in [-0.2, -0.15) is 0 Å². The molecule has 0 spiro atoms. The lowest BCUT2D eigenvalue weighted by atomic mass is 10.3. The zero-order chi connectivity index (χ0) is 10.9. The van der Waals surface area contributed by atoms with Gasteiger partial charge in [-0.05, 0) is 12.1 Å². The molecule has 2 N–H and O–H groups in total. The summed E-state index contributed by atoms with van der Waals surface area (Å²) in [4.78, 5) is 0. The van der Waals surface area contributed by atoms with E-state index < -0.39 is 23.0 Å². The molecule has 0 bridgehead atoms. The molecule has 0 saturated carbocycles. The summed E-state index contributed by atoms with van der Waals surface area (Å²) in [5.74, 6) is -2.33. The van der Waals surface area contributed by atoms with E-state index >= 15 is 0 Å². The van der Waals surface area contributed by atoms with Crippen LogP contribution < -0.4 is 10.5 Å². The number of ether oxygens (including phenoxy) is 1. The standard InChI is InChI=1S/C7H4ClF4NO/c8-5-3(13)1-2-4(6(5)9)14-7(10,11)12/h1-2H,13H2. The Morgan fingerprint density at radius 2 is 1.86 bits per heavy atom. The Hall–Kier alpha value is -1.17. The second-order valence-corrected chi connectivity index (χ2v) is 2.71. The van der Waals surface area contributed by atoms with Gasteiger partial charge in [0.1, 0.15) is 5.02 Å². The number of alkyl halides is 3. The van der Waals surface area contributed by atoms with E-state index in [1.807, 2.05) is 0 Å². The van der Waals surface area contributed by atoms with Crippen molar-refractivity contribution in [3.63, 3.8) is 0 Å². The highest BCUT2D eigenvalue weighted by molar-refractivity contribution is 6.33. The SMILES string of the molecule is Nc1ccc(OC(F)(F)F)c(F)c1Cl. The Kier molecular flexibility index (Phi) is 2.75. The third-order valence-electron chi connectivity index (χ3n) is 1.30. The van der Waals surface area contributed by atoms with Crippen molar-refractivity contribution in [3.05, 3.63) is 23.0 Å². The molecule has 1 aromatic carbocycles. The summed E-state index contributed by atoms with van der Waals surface area (Å²) < 4.78 is 51.4. The molecule has 0 heterocycles. The summed E-state index contributed by atoms with van der Waals surface area (Å²) in [6.07, 6.45) is -4.96. The molecule has 0 aliphatic heterocycles. The van der Waals surface area contributed by atoms with Gasteiger partial charge < -0.3 is 10.5 Å². The van der Waals surface area contributed by atoms with Gasteiger partial charge in [-0.3, -0.25) is 0 Å². The molecule has 2 nitrogen and oxygen atoms in total. The van der Waals surface area contributed by atoms with Crippen LogP contribution >= 0.6 is 11.6 Å². The lowest BCUT2D eigenvalue weighted by molar-refractivity contribution is -0.275. The minimum atomic E-state index is -4.96. The Balaban J connectivity index is 3.06. The molecule has 0 fully saturated rings. The second-order valence-electron chi connectivity index (χ2n) is 2.33. The highest BCUT2D eigenvalue weighted by atomic mass is 35.5. The molecule has 0 atom stereocenters. The highest BCUT2D eigenvalue weighted by Gasteiger charge is 2.32. The first kappa shape index (κ1) is 10.9. The van der Waals surface area contributed by atoms with Crippen molar-refractivity contribution in [3.8, 4) is 5.75 Å². The maximum absolute atomic E-state index is 13.0. The predicted molar refractivity (Wildman–Crippen MR) is 42.5 cm³/mol. The van der Waals surface area contributed by atoms with Crippen molar-refractivity contribution in [1.82, 2.24) is 0 Å². The van der Waals surface area contributed by atoms with Gasteiger partial charge in [-0.25, -0.2) is 4.39 Å².